The number of hydrogen-bond donors (Lipinski definition) is 0. The molecule has 0 radical (unpaired) electrons. The lowest BCUT2D eigenvalue weighted by Gasteiger charge is -2.12. The van der Waals surface area contributed by atoms with Crippen molar-refractivity contribution in [1.82, 2.24) is 19.9 Å². The Morgan fingerprint density at radius 2 is 1.16 bits per heavy atom. The monoisotopic (exact) mass is 555 g/mol. The van der Waals surface area contributed by atoms with E-state index in [0.717, 1.165) is 28.7 Å². The van der Waals surface area contributed by atoms with E-state index in [0.29, 0.717) is 23.9 Å². The Hall–Kier alpha value is -5.55. The molecule has 0 fully saturated rings. The van der Waals surface area contributed by atoms with Crippen LogP contribution in [0.5, 0.6) is 0 Å². The zero-order valence-corrected chi connectivity index (χ0v) is 23.9. The Kier molecular flexibility index (Phi) is 7.20. The van der Waals surface area contributed by atoms with E-state index >= 15 is 0 Å². The number of allylic oxidation sites excluding steroid dienone is 1. The molecule has 5 heteroatoms. The van der Waals surface area contributed by atoms with Crippen LogP contribution in [-0.4, -0.2) is 26.2 Å². The summed E-state index contributed by atoms with van der Waals surface area (Å²) in [6.07, 6.45) is 10.6. The van der Waals surface area contributed by atoms with E-state index < -0.39 is 0 Å². The van der Waals surface area contributed by atoms with Crippen molar-refractivity contribution in [2.75, 3.05) is 0 Å². The number of rotatable bonds is 7. The second-order valence-corrected chi connectivity index (χ2v) is 10.4. The highest BCUT2D eigenvalue weighted by atomic mass is 15.0. The minimum atomic E-state index is 0.556. The number of fused-ring (bicyclic) bond motifs is 6. The molecule has 2 aromatic heterocycles. The van der Waals surface area contributed by atoms with Crippen LogP contribution in [0.15, 0.2) is 133 Å². The molecule has 7 rings (SSSR count). The summed E-state index contributed by atoms with van der Waals surface area (Å²) in [6, 6.07) is 36.4. The van der Waals surface area contributed by atoms with Crippen molar-refractivity contribution < 1.29 is 0 Å². The first-order valence-electron chi connectivity index (χ1n) is 14.5. The Bertz CT molecular complexity index is 2110. The Morgan fingerprint density at radius 1 is 0.558 bits per heavy atom. The normalized spacial score (nSPS) is 11.8. The molecule has 0 bridgehead atoms. The van der Waals surface area contributed by atoms with Crippen molar-refractivity contribution in [2.45, 2.75) is 19.8 Å². The molecule has 0 aliphatic rings. The van der Waals surface area contributed by atoms with Crippen LogP contribution in [0.1, 0.15) is 19.2 Å². The van der Waals surface area contributed by atoms with Gasteiger partial charge in [-0.3, -0.25) is 9.98 Å². The van der Waals surface area contributed by atoms with Gasteiger partial charge in [-0.15, -0.1) is 0 Å². The average Bonchev–Trinajstić information content (AvgIpc) is 3.08. The van der Waals surface area contributed by atoms with Gasteiger partial charge in [0, 0.05) is 42.4 Å². The summed E-state index contributed by atoms with van der Waals surface area (Å²) in [5.74, 6) is 1.96. The fraction of sp³-hybridized carbons (Fsp3) is 0.0789. The van der Waals surface area contributed by atoms with E-state index in [-0.39, 0.29) is 0 Å². The second-order valence-electron chi connectivity index (χ2n) is 10.4. The Labute approximate surface area is 250 Å². The van der Waals surface area contributed by atoms with Crippen LogP contribution in [0.4, 0.5) is 0 Å². The van der Waals surface area contributed by atoms with Crippen molar-refractivity contribution in [3.05, 3.63) is 134 Å². The Morgan fingerprint density at radius 3 is 1.86 bits per heavy atom. The van der Waals surface area contributed by atoms with Crippen LogP contribution in [-0.2, 0) is 6.42 Å². The first-order valence-corrected chi connectivity index (χ1v) is 14.5. The predicted octanol–water partition coefficient (Wildman–Crippen LogP) is 9.26. The highest BCUT2D eigenvalue weighted by Gasteiger charge is 2.13. The first-order chi connectivity index (χ1) is 21.3. The summed E-state index contributed by atoms with van der Waals surface area (Å²) in [7, 11) is 0. The molecule has 0 atom stereocenters. The quantitative estimate of drug-likeness (QED) is 0.145. The van der Waals surface area contributed by atoms with Gasteiger partial charge in [-0.25, -0.2) is 15.0 Å². The third kappa shape index (κ3) is 5.29. The predicted molar refractivity (Wildman–Crippen MR) is 178 cm³/mol. The molecular weight excluding hydrogens is 526 g/mol. The van der Waals surface area contributed by atoms with Gasteiger partial charge in [-0.2, -0.15) is 0 Å². The van der Waals surface area contributed by atoms with Crippen molar-refractivity contribution in [3.8, 4) is 33.9 Å². The van der Waals surface area contributed by atoms with E-state index in [1.54, 1.807) is 18.6 Å². The van der Waals surface area contributed by atoms with Crippen LogP contribution in [0.3, 0.4) is 0 Å². The molecule has 0 aliphatic carbocycles. The molecule has 0 amide bonds. The van der Waals surface area contributed by atoms with Crippen molar-refractivity contribution in [3.63, 3.8) is 0 Å². The standard InChI is InChI=1S/C38H29N5/c1-2-20-39-21-8-15-36-41-37(26-18-22-40-23-19-26)43-38(42-36)29-10-7-9-27(24-29)28-16-17-34-32-13-4-3-11-30(32)31-12-5-6-14-33(31)35(34)25-28/h3-14,16-25H,2,15H2,1H3/b21-8-,39-20?. The van der Waals surface area contributed by atoms with Gasteiger partial charge in [-0.1, -0.05) is 91.9 Å². The third-order valence-corrected chi connectivity index (χ3v) is 7.60. The average molecular weight is 556 g/mol. The van der Waals surface area contributed by atoms with Gasteiger partial charge in [0.05, 0.1) is 0 Å². The highest BCUT2D eigenvalue weighted by Crippen LogP contribution is 2.37. The molecule has 0 N–H and O–H groups in total. The van der Waals surface area contributed by atoms with Gasteiger partial charge in [0.25, 0.3) is 0 Å². The summed E-state index contributed by atoms with van der Waals surface area (Å²) in [5.41, 5.74) is 4.10. The van der Waals surface area contributed by atoms with Gasteiger partial charge < -0.3 is 0 Å². The number of hydrogen-bond acceptors (Lipinski definition) is 5. The number of nitrogens with zero attached hydrogens (tertiary/aromatic N) is 5. The molecule has 5 nitrogen and oxygen atoms in total. The van der Waals surface area contributed by atoms with E-state index in [1.165, 1.54) is 32.3 Å². The SMILES string of the molecule is CCC=N/C=C\Cc1nc(-c2ccncc2)nc(-c2cccc(-c3ccc4c5ccccc5c5ccccc5c4c3)c2)n1. The van der Waals surface area contributed by atoms with E-state index in [1.807, 2.05) is 24.4 Å². The number of aromatic nitrogens is 4. The minimum absolute atomic E-state index is 0.556. The highest BCUT2D eigenvalue weighted by molar-refractivity contribution is 6.25. The van der Waals surface area contributed by atoms with E-state index in [2.05, 4.69) is 108 Å². The lowest BCUT2D eigenvalue weighted by Crippen LogP contribution is -2.02. The molecule has 43 heavy (non-hydrogen) atoms. The molecule has 7 aromatic rings. The molecule has 0 saturated carbocycles. The van der Waals surface area contributed by atoms with Crippen LogP contribution in [0.25, 0.3) is 66.2 Å². The number of benzene rings is 5. The smallest absolute Gasteiger partial charge is 0.163 e. The van der Waals surface area contributed by atoms with Crippen LogP contribution < -0.4 is 0 Å². The number of pyridine rings is 1. The Balaban J connectivity index is 1.33. The van der Waals surface area contributed by atoms with Gasteiger partial charge in [0.2, 0.25) is 0 Å². The van der Waals surface area contributed by atoms with E-state index in [4.69, 9.17) is 15.0 Å². The minimum Gasteiger partial charge on any atom is -0.269 e. The lowest BCUT2D eigenvalue weighted by atomic mass is 9.92. The van der Waals surface area contributed by atoms with Crippen molar-refractivity contribution in [1.29, 1.82) is 0 Å². The maximum Gasteiger partial charge on any atom is 0.163 e. The maximum atomic E-state index is 4.89. The molecule has 0 spiro atoms. The molecule has 2 heterocycles. The first kappa shape index (κ1) is 26.4. The van der Waals surface area contributed by atoms with Crippen LogP contribution in [0.2, 0.25) is 0 Å². The lowest BCUT2D eigenvalue weighted by molar-refractivity contribution is 0.946. The number of aliphatic imine (C=N–C) groups is 1. The fourth-order valence-electron chi connectivity index (χ4n) is 5.58. The van der Waals surface area contributed by atoms with Gasteiger partial charge in [0.1, 0.15) is 5.82 Å². The second kappa shape index (κ2) is 11.7. The maximum absolute atomic E-state index is 4.89. The summed E-state index contributed by atoms with van der Waals surface area (Å²) in [4.78, 5) is 23.0. The summed E-state index contributed by atoms with van der Waals surface area (Å²) < 4.78 is 0. The molecular formula is C38H29N5. The van der Waals surface area contributed by atoms with E-state index in [9.17, 15) is 0 Å². The topological polar surface area (TPSA) is 63.9 Å². The van der Waals surface area contributed by atoms with Crippen molar-refractivity contribution in [2.24, 2.45) is 4.99 Å². The summed E-state index contributed by atoms with van der Waals surface area (Å²) in [5, 5.41) is 7.59. The summed E-state index contributed by atoms with van der Waals surface area (Å²) >= 11 is 0. The van der Waals surface area contributed by atoms with Crippen LogP contribution in [0, 0.1) is 0 Å². The fourth-order valence-corrected chi connectivity index (χ4v) is 5.58. The zero-order chi connectivity index (χ0) is 29.0. The van der Waals surface area contributed by atoms with Gasteiger partial charge >= 0.3 is 0 Å². The third-order valence-electron chi connectivity index (χ3n) is 7.60. The molecule has 0 saturated heterocycles. The largest absolute Gasteiger partial charge is 0.269 e. The molecule has 5 aromatic carbocycles. The zero-order valence-electron chi connectivity index (χ0n) is 23.9. The molecule has 0 unspecified atom stereocenters. The van der Waals surface area contributed by atoms with Gasteiger partial charge in [0.15, 0.2) is 11.6 Å². The van der Waals surface area contributed by atoms with Crippen LogP contribution >= 0.6 is 0 Å². The molecule has 206 valence electrons. The van der Waals surface area contributed by atoms with Crippen molar-refractivity contribution >= 4 is 38.5 Å². The molecule has 0 aliphatic heterocycles. The van der Waals surface area contributed by atoms with Gasteiger partial charge in [-0.05, 0) is 74.1 Å². The summed E-state index contributed by atoms with van der Waals surface area (Å²) in [6.45, 7) is 2.06.